The van der Waals surface area contributed by atoms with Gasteiger partial charge in [0.1, 0.15) is 5.82 Å². The maximum absolute atomic E-state index is 13.1. The Morgan fingerprint density at radius 2 is 2.10 bits per heavy atom. The van der Waals surface area contributed by atoms with Crippen molar-refractivity contribution in [3.8, 4) is 0 Å². The minimum atomic E-state index is -0.225. The first kappa shape index (κ1) is 19.7. The highest BCUT2D eigenvalue weighted by Crippen LogP contribution is 2.26. The van der Waals surface area contributed by atoms with Gasteiger partial charge < -0.3 is 5.32 Å². The molecule has 0 aliphatic carbocycles. The van der Waals surface area contributed by atoms with Crippen LogP contribution in [0.25, 0.3) is 0 Å². The van der Waals surface area contributed by atoms with Crippen LogP contribution in [0.4, 0.5) is 9.52 Å². The Bertz CT molecular complexity index is 946. The third-order valence-electron chi connectivity index (χ3n) is 5.10. The van der Waals surface area contributed by atoms with Crippen molar-refractivity contribution in [2.75, 3.05) is 25.0 Å². The van der Waals surface area contributed by atoms with E-state index in [1.807, 2.05) is 17.5 Å². The second-order valence-electron chi connectivity index (χ2n) is 7.32. The van der Waals surface area contributed by atoms with Gasteiger partial charge in [-0.2, -0.15) is 0 Å². The molecule has 4 rings (SSSR count). The first-order valence-corrected chi connectivity index (χ1v) is 10.7. The number of thiazole rings is 1. The number of piperidine rings is 1. The smallest absolute Gasteiger partial charge is 0.240 e. The van der Waals surface area contributed by atoms with Crippen LogP contribution in [-0.2, 0) is 11.2 Å². The highest BCUT2D eigenvalue weighted by atomic mass is 32.1. The van der Waals surface area contributed by atoms with Gasteiger partial charge in [0, 0.05) is 41.8 Å². The van der Waals surface area contributed by atoms with Crippen molar-refractivity contribution in [3.05, 3.63) is 76.8 Å². The van der Waals surface area contributed by atoms with E-state index in [4.69, 9.17) is 4.98 Å². The lowest BCUT2D eigenvalue weighted by molar-refractivity contribution is -0.117. The molecule has 1 saturated heterocycles. The number of rotatable bonds is 6. The lowest BCUT2D eigenvalue weighted by atomic mass is 9.94. The summed E-state index contributed by atoms with van der Waals surface area (Å²) in [6, 6.07) is 12.7. The third kappa shape index (κ3) is 5.46. The molecule has 5 nitrogen and oxygen atoms in total. The largest absolute Gasteiger partial charge is 0.301 e. The van der Waals surface area contributed by atoms with Crippen LogP contribution < -0.4 is 5.32 Å². The summed E-state index contributed by atoms with van der Waals surface area (Å²) in [5, 5.41) is 5.33. The first-order chi connectivity index (χ1) is 14.2. The molecule has 150 valence electrons. The highest BCUT2D eigenvalue weighted by molar-refractivity contribution is 7.13. The Labute approximate surface area is 173 Å². The van der Waals surface area contributed by atoms with Gasteiger partial charge in [-0.3, -0.25) is 14.7 Å². The predicted molar refractivity (Wildman–Crippen MR) is 113 cm³/mol. The lowest BCUT2D eigenvalue weighted by Gasteiger charge is -2.32. The fraction of sp³-hybridized carbons (Fsp3) is 0.318. The maximum atomic E-state index is 13.1. The topological polar surface area (TPSA) is 58.1 Å². The normalized spacial score (nSPS) is 17.2. The molecule has 3 heterocycles. The molecule has 1 amide bonds. The van der Waals surface area contributed by atoms with E-state index in [0.717, 1.165) is 42.9 Å². The summed E-state index contributed by atoms with van der Waals surface area (Å²) in [6.45, 7) is 2.10. The van der Waals surface area contributed by atoms with Gasteiger partial charge in [-0.15, -0.1) is 11.3 Å². The summed E-state index contributed by atoms with van der Waals surface area (Å²) in [5.74, 6) is 0.0554. The number of hydrogen-bond donors (Lipinski definition) is 1. The highest BCUT2D eigenvalue weighted by Gasteiger charge is 2.24. The summed E-state index contributed by atoms with van der Waals surface area (Å²) in [4.78, 5) is 23.4. The molecule has 1 aliphatic heterocycles. The Morgan fingerprint density at radius 1 is 1.24 bits per heavy atom. The quantitative estimate of drug-likeness (QED) is 0.665. The summed E-state index contributed by atoms with van der Waals surface area (Å²) in [5.41, 5.74) is 3.09. The van der Waals surface area contributed by atoms with Crippen LogP contribution in [0.1, 0.15) is 35.7 Å². The van der Waals surface area contributed by atoms with Gasteiger partial charge in [-0.25, -0.2) is 9.37 Å². The van der Waals surface area contributed by atoms with E-state index in [1.165, 1.54) is 23.5 Å². The van der Waals surface area contributed by atoms with Crippen LogP contribution in [-0.4, -0.2) is 40.4 Å². The molecule has 7 heteroatoms. The molecule has 3 aromatic rings. The fourth-order valence-corrected chi connectivity index (χ4v) is 4.27. The van der Waals surface area contributed by atoms with Gasteiger partial charge in [-0.1, -0.05) is 18.2 Å². The van der Waals surface area contributed by atoms with Crippen LogP contribution in [0.2, 0.25) is 0 Å². The minimum absolute atomic E-state index is 0.0291. The van der Waals surface area contributed by atoms with Crippen molar-refractivity contribution < 1.29 is 9.18 Å². The van der Waals surface area contributed by atoms with Crippen molar-refractivity contribution in [1.82, 2.24) is 14.9 Å². The molecule has 1 atom stereocenters. The molecule has 1 N–H and O–H groups in total. The number of amides is 1. The molecule has 1 aromatic carbocycles. The van der Waals surface area contributed by atoms with E-state index in [1.54, 1.807) is 18.3 Å². The third-order valence-corrected chi connectivity index (χ3v) is 5.79. The number of anilines is 1. The van der Waals surface area contributed by atoms with Crippen molar-refractivity contribution in [2.45, 2.75) is 25.2 Å². The molecule has 0 radical (unpaired) electrons. The monoisotopic (exact) mass is 410 g/mol. The van der Waals surface area contributed by atoms with Crippen LogP contribution >= 0.6 is 11.3 Å². The number of likely N-dealkylation sites (tertiary alicyclic amines) is 1. The second kappa shape index (κ2) is 9.24. The number of hydrogen-bond acceptors (Lipinski definition) is 5. The van der Waals surface area contributed by atoms with E-state index in [9.17, 15) is 9.18 Å². The average Bonchev–Trinajstić information content (AvgIpc) is 3.23. The zero-order valence-corrected chi connectivity index (χ0v) is 16.9. The van der Waals surface area contributed by atoms with E-state index in [-0.39, 0.29) is 11.7 Å². The second-order valence-corrected chi connectivity index (χ2v) is 8.21. The summed E-state index contributed by atoms with van der Waals surface area (Å²) in [7, 11) is 0. The molecule has 1 fully saturated rings. The van der Waals surface area contributed by atoms with Gasteiger partial charge in [0.25, 0.3) is 0 Å². The molecule has 0 bridgehead atoms. The zero-order valence-electron chi connectivity index (χ0n) is 16.1. The summed E-state index contributed by atoms with van der Waals surface area (Å²) >= 11 is 1.42. The summed E-state index contributed by atoms with van der Waals surface area (Å²) < 4.78 is 13.1. The van der Waals surface area contributed by atoms with Crippen molar-refractivity contribution in [2.24, 2.45) is 0 Å². The van der Waals surface area contributed by atoms with Gasteiger partial charge in [-0.05, 0) is 49.2 Å². The number of nitrogens with zero attached hydrogens (tertiary/aromatic N) is 3. The number of carbonyl (C=O) groups is 1. The molecule has 2 aromatic heterocycles. The van der Waals surface area contributed by atoms with Crippen molar-refractivity contribution >= 4 is 22.4 Å². The van der Waals surface area contributed by atoms with E-state index < -0.39 is 0 Å². The van der Waals surface area contributed by atoms with Crippen molar-refractivity contribution in [1.29, 1.82) is 0 Å². The fourth-order valence-electron chi connectivity index (χ4n) is 3.72. The van der Waals surface area contributed by atoms with E-state index >= 15 is 0 Å². The van der Waals surface area contributed by atoms with Crippen LogP contribution in [0, 0.1) is 5.82 Å². The Morgan fingerprint density at radius 3 is 2.90 bits per heavy atom. The molecular weight excluding hydrogens is 387 g/mol. The molecule has 0 saturated carbocycles. The molecule has 0 spiro atoms. The standard InChI is InChI=1S/C22H23FN4OS/c23-18-8-6-16(7-9-18)13-19-4-1-5-20(25-19)17-3-2-11-27(14-17)15-21(28)26-22-24-10-12-29-22/h1,4-10,12,17H,2-3,11,13-15H2,(H,24,26,28)/t17-/m0/s1. The summed E-state index contributed by atoms with van der Waals surface area (Å²) in [6.07, 6.45) is 4.47. The van der Waals surface area contributed by atoms with E-state index in [0.29, 0.717) is 24.0 Å². The zero-order chi connectivity index (χ0) is 20.1. The number of carbonyl (C=O) groups excluding carboxylic acids is 1. The van der Waals surface area contributed by atoms with Crippen molar-refractivity contribution in [3.63, 3.8) is 0 Å². The van der Waals surface area contributed by atoms with Crippen LogP contribution in [0.3, 0.4) is 0 Å². The predicted octanol–water partition coefficient (Wildman–Crippen LogP) is 4.09. The van der Waals surface area contributed by atoms with Crippen LogP contribution in [0.15, 0.2) is 54.0 Å². The average molecular weight is 411 g/mol. The number of pyridine rings is 1. The molecule has 29 heavy (non-hydrogen) atoms. The number of benzene rings is 1. The Balaban J connectivity index is 1.37. The number of nitrogens with one attached hydrogen (secondary N) is 1. The minimum Gasteiger partial charge on any atom is -0.301 e. The Kier molecular flexibility index (Phi) is 6.27. The number of halogens is 1. The molecule has 1 aliphatic rings. The van der Waals surface area contributed by atoms with Gasteiger partial charge in [0.05, 0.1) is 6.54 Å². The Hall–Kier alpha value is -2.64. The molecular formula is C22H23FN4OS. The van der Waals surface area contributed by atoms with Gasteiger partial charge >= 0.3 is 0 Å². The number of aromatic nitrogens is 2. The van der Waals surface area contributed by atoms with Crippen LogP contribution in [0.5, 0.6) is 0 Å². The van der Waals surface area contributed by atoms with Gasteiger partial charge in [0.15, 0.2) is 5.13 Å². The molecule has 0 unspecified atom stereocenters. The van der Waals surface area contributed by atoms with Gasteiger partial charge in [0.2, 0.25) is 5.91 Å². The first-order valence-electron chi connectivity index (χ1n) is 9.78. The maximum Gasteiger partial charge on any atom is 0.240 e. The SMILES string of the molecule is O=C(CN1CCC[C@H](c2cccc(Cc3ccc(F)cc3)n2)C1)Nc1nccs1. The lowest BCUT2D eigenvalue weighted by Crippen LogP contribution is -2.40. The van der Waals surface area contributed by atoms with E-state index in [2.05, 4.69) is 21.3 Å².